The quantitative estimate of drug-likeness (QED) is 0.852. The first-order chi connectivity index (χ1) is 8.99. The molecule has 1 rings (SSSR count). The molecular formula is C16H25N3. The summed E-state index contributed by atoms with van der Waals surface area (Å²) in [6.45, 7) is 9.38. The van der Waals surface area contributed by atoms with E-state index in [1.807, 2.05) is 6.07 Å². The van der Waals surface area contributed by atoms with Gasteiger partial charge in [0.15, 0.2) is 0 Å². The second-order valence-electron chi connectivity index (χ2n) is 5.37. The van der Waals surface area contributed by atoms with Crippen molar-refractivity contribution in [2.24, 2.45) is 0 Å². The fourth-order valence-electron chi connectivity index (χ4n) is 1.92. The van der Waals surface area contributed by atoms with Crippen molar-refractivity contribution in [3.63, 3.8) is 0 Å². The van der Waals surface area contributed by atoms with Crippen LogP contribution in [0.4, 0.5) is 5.69 Å². The minimum Gasteiger partial charge on any atom is -0.371 e. The van der Waals surface area contributed by atoms with E-state index in [1.165, 1.54) is 0 Å². The van der Waals surface area contributed by atoms with E-state index in [0.29, 0.717) is 12.1 Å². The molecule has 1 aromatic carbocycles. The number of nitriles is 1. The Kier molecular flexibility index (Phi) is 5.85. The van der Waals surface area contributed by atoms with E-state index in [4.69, 9.17) is 0 Å². The SMILES string of the molecule is CCC(C)N(C)c1ccc(CNC(C)C)cc1C#N. The molecule has 0 radical (unpaired) electrons. The number of hydrogen-bond donors (Lipinski definition) is 1. The van der Waals surface area contributed by atoms with Gasteiger partial charge in [-0.05, 0) is 31.0 Å². The molecule has 0 aliphatic heterocycles. The van der Waals surface area contributed by atoms with Crippen LogP contribution < -0.4 is 10.2 Å². The molecule has 3 heteroatoms. The van der Waals surface area contributed by atoms with E-state index < -0.39 is 0 Å². The van der Waals surface area contributed by atoms with Gasteiger partial charge in [-0.1, -0.05) is 26.8 Å². The first-order valence-electron chi connectivity index (χ1n) is 6.98. The molecule has 0 aromatic heterocycles. The molecule has 0 bridgehead atoms. The van der Waals surface area contributed by atoms with Gasteiger partial charge in [-0.25, -0.2) is 0 Å². The van der Waals surface area contributed by atoms with Gasteiger partial charge in [0.1, 0.15) is 6.07 Å². The lowest BCUT2D eigenvalue weighted by molar-refractivity contribution is 0.588. The Morgan fingerprint density at radius 2 is 2.00 bits per heavy atom. The minimum absolute atomic E-state index is 0.437. The highest BCUT2D eigenvalue weighted by molar-refractivity contribution is 5.60. The number of rotatable bonds is 6. The Balaban J connectivity index is 2.94. The van der Waals surface area contributed by atoms with Crippen molar-refractivity contribution in [1.82, 2.24) is 5.32 Å². The van der Waals surface area contributed by atoms with Crippen LogP contribution in [-0.4, -0.2) is 19.1 Å². The maximum Gasteiger partial charge on any atom is 0.101 e. The summed E-state index contributed by atoms with van der Waals surface area (Å²) in [4.78, 5) is 2.18. The average molecular weight is 259 g/mol. The van der Waals surface area contributed by atoms with E-state index in [1.54, 1.807) is 0 Å². The summed E-state index contributed by atoms with van der Waals surface area (Å²) in [6.07, 6.45) is 1.07. The molecule has 104 valence electrons. The Morgan fingerprint density at radius 1 is 1.32 bits per heavy atom. The molecule has 1 aromatic rings. The minimum atomic E-state index is 0.437. The molecule has 1 N–H and O–H groups in total. The lowest BCUT2D eigenvalue weighted by Crippen LogP contribution is -2.28. The van der Waals surface area contributed by atoms with Crippen LogP contribution in [0.1, 0.15) is 45.2 Å². The van der Waals surface area contributed by atoms with E-state index in [-0.39, 0.29) is 0 Å². The third-order valence-electron chi connectivity index (χ3n) is 3.53. The van der Waals surface area contributed by atoms with Gasteiger partial charge >= 0.3 is 0 Å². The fraction of sp³-hybridized carbons (Fsp3) is 0.562. The Hall–Kier alpha value is -1.53. The number of anilines is 1. The number of nitrogens with zero attached hydrogens (tertiary/aromatic N) is 2. The molecule has 0 fully saturated rings. The van der Waals surface area contributed by atoms with E-state index in [2.05, 4.69) is 63.2 Å². The largest absolute Gasteiger partial charge is 0.371 e. The van der Waals surface area contributed by atoms with E-state index >= 15 is 0 Å². The summed E-state index contributed by atoms with van der Waals surface area (Å²) in [6, 6.07) is 9.35. The highest BCUT2D eigenvalue weighted by Crippen LogP contribution is 2.23. The standard InChI is InChI=1S/C16H25N3/c1-6-13(4)19(5)16-8-7-14(9-15(16)10-17)11-18-12(2)3/h7-9,12-13,18H,6,11H2,1-5H3. The van der Waals surface area contributed by atoms with Crippen molar-refractivity contribution >= 4 is 5.69 Å². The lowest BCUT2D eigenvalue weighted by atomic mass is 10.1. The van der Waals surface area contributed by atoms with Crippen LogP contribution in [0.2, 0.25) is 0 Å². The Morgan fingerprint density at radius 3 is 2.53 bits per heavy atom. The summed E-state index contributed by atoms with van der Waals surface area (Å²) in [5, 5.41) is 12.7. The van der Waals surface area contributed by atoms with Gasteiger partial charge in [0.05, 0.1) is 11.3 Å². The zero-order chi connectivity index (χ0) is 14.4. The highest BCUT2D eigenvalue weighted by Gasteiger charge is 2.12. The normalized spacial score (nSPS) is 12.3. The Labute approximate surface area is 117 Å². The van der Waals surface area contributed by atoms with Gasteiger partial charge in [0, 0.05) is 25.7 Å². The van der Waals surface area contributed by atoms with Crippen LogP contribution >= 0.6 is 0 Å². The van der Waals surface area contributed by atoms with Crippen LogP contribution in [0.15, 0.2) is 18.2 Å². The lowest BCUT2D eigenvalue weighted by Gasteiger charge is -2.27. The van der Waals surface area contributed by atoms with Crippen LogP contribution in [-0.2, 0) is 6.54 Å². The molecule has 1 atom stereocenters. The third-order valence-corrected chi connectivity index (χ3v) is 3.53. The number of benzene rings is 1. The summed E-state index contributed by atoms with van der Waals surface area (Å²) in [5.41, 5.74) is 2.93. The van der Waals surface area contributed by atoms with Crippen molar-refractivity contribution in [2.45, 2.75) is 52.7 Å². The van der Waals surface area contributed by atoms with Crippen LogP contribution in [0.25, 0.3) is 0 Å². The predicted octanol–water partition coefficient (Wildman–Crippen LogP) is 3.29. The summed E-state index contributed by atoms with van der Waals surface area (Å²) >= 11 is 0. The molecular weight excluding hydrogens is 234 g/mol. The predicted molar refractivity (Wildman–Crippen MR) is 81.3 cm³/mol. The van der Waals surface area contributed by atoms with Crippen LogP contribution in [0.3, 0.4) is 0 Å². The van der Waals surface area contributed by atoms with Crippen LogP contribution in [0.5, 0.6) is 0 Å². The molecule has 0 heterocycles. The molecule has 0 spiro atoms. The molecule has 19 heavy (non-hydrogen) atoms. The summed E-state index contributed by atoms with van der Waals surface area (Å²) in [5.74, 6) is 0. The number of nitrogens with one attached hydrogen (secondary N) is 1. The van der Waals surface area contributed by atoms with Crippen molar-refractivity contribution in [1.29, 1.82) is 5.26 Å². The second kappa shape index (κ2) is 7.16. The fourth-order valence-corrected chi connectivity index (χ4v) is 1.92. The maximum atomic E-state index is 9.33. The molecule has 0 aliphatic carbocycles. The number of hydrogen-bond acceptors (Lipinski definition) is 3. The smallest absolute Gasteiger partial charge is 0.101 e. The van der Waals surface area contributed by atoms with Gasteiger partial charge in [0.2, 0.25) is 0 Å². The molecule has 0 saturated carbocycles. The molecule has 0 amide bonds. The molecule has 1 unspecified atom stereocenters. The van der Waals surface area contributed by atoms with Crippen LogP contribution in [0, 0.1) is 11.3 Å². The Bertz CT molecular complexity index is 446. The van der Waals surface area contributed by atoms with Crippen molar-refractivity contribution in [3.05, 3.63) is 29.3 Å². The average Bonchev–Trinajstić information content (AvgIpc) is 2.42. The van der Waals surface area contributed by atoms with Crippen molar-refractivity contribution in [3.8, 4) is 6.07 Å². The third kappa shape index (κ3) is 4.25. The molecule has 0 saturated heterocycles. The first-order valence-corrected chi connectivity index (χ1v) is 6.98. The van der Waals surface area contributed by atoms with E-state index in [9.17, 15) is 5.26 Å². The van der Waals surface area contributed by atoms with Gasteiger partial charge in [-0.15, -0.1) is 0 Å². The maximum absolute atomic E-state index is 9.33. The second-order valence-corrected chi connectivity index (χ2v) is 5.37. The van der Waals surface area contributed by atoms with Crippen molar-refractivity contribution in [2.75, 3.05) is 11.9 Å². The van der Waals surface area contributed by atoms with E-state index in [0.717, 1.165) is 29.8 Å². The topological polar surface area (TPSA) is 39.1 Å². The van der Waals surface area contributed by atoms with Gasteiger partial charge < -0.3 is 10.2 Å². The van der Waals surface area contributed by atoms with Gasteiger partial charge in [-0.3, -0.25) is 0 Å². The van der Waals surface area contributed by atoms with Crippen molar-refractivity contribution < 1.29 is 0 Å². The monoisotopic (exact) mass is 259 g/mol. The summed E-state index contributed by atoms with van der Waals surface area (Å²) in [7, 11) is 2.05. The zero-order valence-electron chi connectivity index (χ0n) is 12.7. The summed E-state index contributed by atoms with van der Waals surface area (Å²) < 4.78 is 0. The zero-order valence-corrected chi connectivity index (χ0v) is 12.7. The highest BCUT2D eigenvalue weighted by atomic mass is 15.1. The van der Waals surface area contributed by atoms with Gasteiger partial charge in [-0.2, -0.15) is 5.26 Å². The molecule has 0 aliphatic rings. The van der Waals surface area contributed by atoms with Gasteiger partial charge in [0.25, 0.3) is 0 Å². The first kappa shape index (κ1) is 15.5. The molecule has 3 nitrogen and oxygen atoms in total.